The zero-order valence-electron chi connectivity index (χ0n) is 20.9. The molecule has 1 aromatic heterocycles. The number of esters is 1. The van der Waals surface area contributed by atoms with E-state index in [0.29, 0.717) is 53.4 Å². The highest BCUT2D eigenvalue weighted by atomic mass is 127. The highest BCUT2D eigenvalue weighted by molar-refractivity contribution is 14.1. The van der Waals surface area contributed by atoms with Crippen molar-refractivity contribution in [1.29, 1.82) is 0 Å². The third-order valence-corrected chi connectivity index (χ3v) is 7.57. The van der Waals surface area contributed by atoms with Crippen LogP contribution in [0.3, 0.4) is 0 Å². The van der Waals surface area contributed by atoms with E-state index in [0.717, 1.165) is 6.42 Å². The van der Waals surface area contributed by atoms with Crippen LogP contribution >= 0.6 is 33.9 Å². The fraction of sp³-hybridized carbons (Fsp3) is 0.296. The summed E-state index contributed by atoms with van der Waals surface area (Å²) in [4.78, 5) is 32.1. The van der Waals surface area contributed by atoms with Gasteiger partial charge in [-0.1, -0.05) is 36.5 Å². The molecule has 0 amide bonds. The SMILES string of the molecule is CCCOc1ccccc1[C@H]1C(C(=O)OCC)=C(C)N=c2s/c(=C\c3cc(I)c(O)c(OC)c3)c(=O)n21. The molecular weight excluding hydrogens is 607 g/mol. The minimum absolute atomic E-state index is 0.0418. The lowest BCUT2D eigenvalue weighted by atomic mass is 9.95. The van der Waals surface area contributed by atoms with Crippen molar-refractivity contribution in [2.45, 2.75) is 33.2 Å². The zero-order chi connectivity index (χ0) is 26.7. The number of benzene rings is 2. The van der Waals surface area contributed by atoms with Gasteiger partial charge in [0.05, 0.1) is 39.7 Å². The van der Waals surface area contributed by atoms with Crippen LogP contribution < -0.4 is 24.4 Å². The number of fused-ring (bicyclic) bond motifs is 1. The monoisotopic (exact) mass is 634 g/mol. The van der Waals surface area contributed by atoms with Crippen LogP contribution in [0.2, 0.25) is 0 Å². The fourth-order valence-corrected chi connectivity index (χ4v) is 5.79. The Labute approximate surface area is 231 Å². The molecular formula is C27H27IN2O6S. The largest absolute Gasteiger partial charge is 0.504 e. The van der Waals surface area contributed by atoms with Crippen LogP contribution in [-0.4, -0.2) is 36.0 Å². The molecule has 2 heterocycles. The summed E-state index contributed by atoms with van der Waals surface area (Å²) >= 11 is 3.24. The van der Waals surface area contributed by atoms with E-state index >= 15 is 0 Å². The third-order valence-electron chi connectivity index (χ3n) is 5.76. The van der Waals surface area contributed by atoms with Crippen LogP contribution in [0.15, 0.2) is 57.5 Å². The maximum Gasteiger partial charge on any atom is 0.338 e. The second-order valence-electron chi connectivity index (χ2n) is 8.24. The van der Waals surface area contributed by atoms with Crippen LogP contribution in [0.25, 0.3) is 6.08 Å². The number of thiazole rings is 1. The third kappa shape index (κ3) is 5.30. The Morgan fingerprint density at radius 2 is 2.00 bits per heavy atom. The summed E-state index contributed by atoms with van der Waals surface area (Å²) in [5.74, 6) is 0.427. The Balaban J connectivity index is 1.97. The number of phenols is 1. The molecule has 10 heteroatoms. The van der Waals surface area contributed by atoms with Crippen molar-refractivity contribution in [3.05, 3.63) is 82.1 Å². The van der Waals surface area contributed by atoms with Gasteiger partial charge in [-0.2, -0.15) is 0 Å². The number of ether oxygens (including phenoxy) is 3. The molecule has 37 heavy (non-hydrogen) atoms. The molecule has 1 aliphatic heterocycles. The average molecular weight is 634 g/mol. The lowest BCUT2D eigenvalue weighted by Gasteiger charge is -2.26. The Morgan fingerprint density at radius 1 is 1.24 bits per heavy atom. The Morgan fingerprint density at radius 3 is 2.70 bits per heavy atom. The van der Waals surface area contributed by atoms with E-state index in [1.54, 1.807) is 32.1 Å². The number of carbonyl (C=O) groups is 1. The quantitative estimate of drug-likeness (QED) is 0.298. The number of allylic oxidation sites excluding steroid dienone is 1. The molecule has 3 aromatic rings. The number of aromatic nitrogens is 1. The van der Waals surface area contributed by atoms with Gasteiger partial charge in [-0.05, 0) is 72.7 Å². The summed E-state index contributed by atoms with van der Waals surface area (Å²) in [7, 11) is 1.47. The zero-order valence-corrected chi connectivity index (χ0v) is 23.9. The fourth-order valence-electron chi connectivity index (χ4n) is 4.12. The molecule has 0 unspecified atom stereocenters. The van der Waals surface area contributed by atoms with Crippen molar-refractivity contribution in [2.24, 2.45) is 4.99 Å². The Kier molecular flexibility index (Phi) is 8.38. The van der Waals surface area contributed by atoms with E-state index < -0.39 is 12.0 Å². The summed E-state index contributed by atoms with van der Waals surface area (Å²) in [6.07, 6.45) is 2.54. The number of carbonyl (C=O) groups excluding carboxylic acids is 1. The molecule has 0 bridgehead atoms. The number of methoxy groups -OCH3 is 1. The highest BCUT2D eigenvalue weighted by Crippen LogP contribution is 2.36. The van der Waals surface area contributed by atoms with E-state index in [2.05, 4.69) is 4.99 Å². The molecule has 0 fully saturated rings. The number of aromatic hydroxyl groups is 1. The number of halogens is 1. The van der Waals surface area contributed by atoms with Gasteiger partial charge in [0.25, 0.3) is 5.56 Å². The summed E-state index contributed by atoms with van der Waals surface area (Å²) in [5, 5.41) is 10.2. The molecule has 1 atom stereocenters. The van der Waals surface area contributed by atoms with E-state index in [1.165, 1.54) is 23.0 Å². The van der Waals surface area contributed by atoms with Crippen LogP contribution in [-0.2, 0) is 9.53 Å². The highest BCUT2D eigenvalue weighted by Gasteiger charge is 2.35. The van der Waals surface area contributed by atoms with Gasteiger partial charge >= 0.3 is 5.97 Å². The molecule has 4 rings (SSSR count). The first kappa shape index (κ1) is 26.9. The predicted octanol–water partition coefficient (Wildman–Crippen LogP) is 3.91. The standard InChI is InChI=1S/C27H27IN2O6S/c1-5-11-36-19-10-8-7-9-17(19)23-22(26(33)35-6-2)15(3)29-27-30(23)25(32)21(37-27)14-16-12-18(28)24(31)20(13-16)34-4/h7-10,12-14,23,31H,5-6,11H2,1-4H3/b21-14-/t23-/m0/s1. The van der Waals surface area contributed by atoms with Gasteiger partial charge in [-0.3, -0.25) is 9.36 Å². The number of hydrogen-bond acceptors (Lipinski definition) is 8. The molecule has 1 aliphatic rings. The van der Waals surface area contributed by atoms with Gasteiger partial charge in [0.1, 0.15) is 11.8 Å². The van der Waals surface area contributed by atoms with Crippen LogP contribution in [0.5, 0.6) is 17.2 Å². The van der Waals surface area contributed by atoms with E-state index in [1.807, 2.05) is 53.8 Å². The van der Waals surface area contributed by atoms with Crippen molar-refractivity contribution >= 4 is 46.0 Å². The van der Waals surface area contributed by atoms with E-state index in [9.17, 15) is 14.7 Å². The van der Waals surface area contributed by atoms with Crippen molar-refractivity contribution in [1.82, 2.24) is 4.57 Å². The molecule has 194 valence electrons. The second kappa shape index (κ2) is 11.5. The van der Waals surface area contributed by atoms with Gasteiger partial charge in [0.15, 0.2) is 16.3 Å². The number of rotatable bonds is 8. The van der Waals surface area contributed by atoms with E-state index in [4.69, 9.17) is 14.2 Å². The van der Waals surface area contributed by atoms with Gasteiger partial charge in [-0.15, -0.1) is 0 Å². The summed E-state index contributed by atoms with van der Waals surface area (Å²) in [6, 6.07) is 10.1. The van der Waals surface area contributed by atoms with Crippen LogP contribution in [0.1, 0.15) is 44.4 Å². The average Bonchev–Trinajstić information content (AvgIpc) is 3.18. The molecule has 0 saturated heterocycles. The van der Waals surface area contributed by atoms with Gasteiger partial charge in [0, 0.05) is 5.56 Å². The number of nitrogens with zero attached hydrogens (tertiary/aromatic N) is 2. The Bertz CT molecular complexity index is 1560. The maximum atomic E-state index is 13.9. The maximum absolute atomic E-state index is 13.9. The predicted molar refractivity (Wildman–Crippen MR) is 150 cm³/mol. The first-order valence-corrected chi connectivity index (χ1v) is 13.7. The van der Waals surface area contributed by atoms with Gasteiger partial charge in [0.2, 0.25) is 0 Å². The first-order chi connectivity index (χ1) is 17.8. The first-order valence-electron chi connectivity index (χ1n) is 11.8. The second-order valence-corrected chi connectivity index (χ2v) is 10.4. The smallest absolute Gasteiger partial charge is 0.338 e. The number of hydrogen-bond donors (Lipinski definition) is 1. The molecule has 0 radical (unpaired) electrons. The van der Waals surface area contributed by atoms with Gasteiger partial charge in [-0.25, -0.2) is 9.79 Å². The minimum atomic E-state index is -0.764. The summed E-state index contributed by atoms with van der Waals surface area (Å²) in [5.41, 5.74) is 1.86. The molecule has 0 saturated carbocycles. The van der Waals surface area contributed by atoms with Crippen molar-refractivity contribution < 1.29 is 24.1 Å². The normalized spacial score (nSPS) is 15.3. The molecule has 1 N–H and O–H groups in total. The summed E-state index contributed by atoms with van der Waals surface area (Å²) in [6.45, 7) is 6.20. The molecule has 2 aromatic carbocycles. The van der Waals surface area contributed by atoms with Crippen molar-refractivity contribution in [2.75, 3.05) is 20.3 Å². The van der Waals surface area contributed by atoms with Crippen molar-refractivity contribution in [3.63, 3.8) is 0 Å². The summed E-state index contributed by atoms with van der Waals surface area (Å²) < 4.78 is 19.2. The lowest BCUT2D eigenvalue weighted by Crippen LogP contribution is -2.40. The van der Waals surface area contributed by atoms with Gasteiger partial charge < -0.3 is 19.3 Å². The van der Waals surface area contributed by atoms with Crippen LogP contribution in [0.4, 0.5) is 0 Å². The molecule has 8 nitrogen and oxygen atoms in total. The topological polar surface area (TPSA) is 99.4 Å². The number of phenolic OH excluding ortho intramolecular Hbond substituents is 1. The number of para-hydroxylation sites is 1. The minimum Gasteiger partial charge on any atom is -0.504 e. The van der Waals surface area contributed by atoms with E-state index in [-0.39, 0.29) is 17.9 Å². The molecule has 0 aliphatic carbocycles. The Hall–Kier alpha value is -3.12. The lowest BCUT2D eigenvalue weighted by molar-refractivity contribution is -0.139. The van der Waals surface area contributed by atoms with Crippen molar-refractivity contribution in [3.8, 4) is 17.2 Å². The van der Waals surface area contributed by atoms with Crippen LogP contribution in [0, 0.1) is 3.57 Å². The molecule has 0 spiro atoms.